The predicted molar refractivity (Wildman–Crippen MR) is 66.8 cm³/mol. The van der Waals surface area contributed by atoms with Crippen molar-refractivity contribution in [3.63, 3.8) is 0 Å². The molecule has 1 aliphatic rings. The Morgan fingerprint density at radius 1 is 1.35 bits per heavy atom. The highest BCUT2D eigenvalue weighted by atomic mass is 32.2. The van der Waals surface area contributed by atoms with Crippen molar-refractivity contribution in [2.75, 3.05) is 7.11 Å². The number of imide groups is 1. The highest BCUT2D eigenvalue weighted by Gasteiger charge is 2.24. The van der Waals surface area contributed by atoms with E-state index in [-0.39, 0.29) is 11.1 Å². The molecule has 2 rings (SSSR count). The molecule has 0 spiro atoms. The third-order valence-corrected chi connectivity index (χ3v) is 3.18. The average Bonchev–Trinajstić information content (AvgIpc) is 2.60. The summed E-state index contributed by atoms with van der Waals surface area (Å²) >= 11 is 0.907. The zero-order chi connectivity index (χ0) is 12.4. The number of hydrogen-bond donors (Lipinski definition) is 1. The molecule has 1 heterocycles. The second kappa shape index (κ2) is 4.63. The lowest BCUT2D eigenvalue weighted by Crippen LogP contribution is -2.17. The largest absolute Gasteiger partial charge is 0.496 e. The summed E-state index contributed by atoms with van der Waals surface area (Å²) in [5.74, 6) is 0.411. The molecular weight excluding hydrogens is 238 g/mol. The lowest BCUT2D eigenvalue weighted by Gasteiger charge is -2.05. The summed E-state index contributed by atoms with van der Waals surface area (Å²) in [6, 6.07) is 5.62. The number of methoxy groups -OCH3 is 1. The van der Waals surface area contributed by atoms with Crippen LogP contribution in [0.1, 0.15) is 11.1 Å². The van der Waals surface area contributed by atoms with Gasteiger partial charge in [0.25, 0.3) is 11.1 Å². The first-order chi connectivity index (χ1) is 8.10. The number of carbonyl (C=O) groups is 2. The van der Waals surface area contributed by atoms with Crippen LogP contribution in [-0.2, 0) is 4.79 Å². The van der Waals surface area contributed by atoms with Crippen LogP contribution in [0, 0.1) is 6.92 Å². The Labute approximate surface area is 103 Å². The van der Waals surface area contributed by atoms with Gasteiger partial charge in [-0.1, -0.05) is 12.1 Å². The smallest absolute Gasteiger partial charge is 0.290 e. The van der Waals surface area contributed by atoms with E-state index in [4.69, 9.17) is 4.74 Å². The van der Waals surface area contributed by atoms with Crippen LogP contribution in [-0.4, -0.2) is 18.3 Å². The molecule has 2 amide bonds. The van der Waals surface area contributed by atoms with Gasteiger partial charge in [-0.15, -0.1) is 0 Å². The molecule has 0 saturated carbocycles. The number of amides is 2. The number of aryl methyl sites for hydroxylation is 1. The average molecular weight is 249 g/mol. The molecule has 4 nitrogen and oxygen atoms in total. The second-order valence-electron chi connectivity index (χ2n) is 3.58. The van der Waals surface area contributed by atoms with E-state index in [2.05, 4.69) is 5.32 Å². The molecule has 0 atom stereocenters. The van der Waals surface area contributed by atoms with Crippen molar-refractivity contribution in [1.29, 1.82) is 0 Å². The van der Waals surface area contributed by atoms with Crippen LogP contribution in [0.2, 0.25) is 0 Å². The molecule has 0 radical (unpaired) electrons. The van der Waals surface area contributed by atoms with Gasteiger partial charge in [0, 0.05) is 0 Å². The summed E-state index contributed by atoms with van der Waals surface area (Å²) in [5, 5.41) is 1.88. The zero-order valence-corrected chi connectivity index (χ0v) is 10.3. The summed E-state index contributed by atoms with van der Waals surface area (Å²) in [7, 11) is 1.60. The van der Waals surface area contributed by atoms with Gasteiger partial charge in [-0.2, -0.15) is 0 Å². The number of benzene rings is 1. The Hall–Kier alpha value is -1.75. The lowest BCUT2D eigenvalue weighted by atomic mass is 10.1. The van der Waals surface area contributed by atoms with Gasteiger partial charge >= 0.3 is 0 Å². The van der Waals surface area contributed by atoms with Gasteiger partial charge < -0.3 is 4.74 Å². The number of thioether (sulfide) groups is 1. The highest BCUT2D eigenvalue weighted by Crippen LogP contribution is 2.27. The van der Waals surface area contributed by atoms with Crippen LogP contribution < -0.4 is 10.1 Å². The van der Waals surface area contributed by atoms with Crippen molar-refractivity contribution in [1.82, 2.24) is 5.32 Å². The molecular formula is C12H11NO3S. The molecule has 0 unspecified atom stereocenters. The van der Waals surface area contributed by atoms with Crippen molar-refractivity contribution in [3.8, 4) is 5.75 Å². The third-order valence-electron chi connectivity index (χ3n) is 2.37. The fourth-order valence-electron chi connectivity index (χ4n) is 1.50. The fraction of sp³-hybridized carbons (Fsp3) is 0.167. The van der Waals surface area contributed by atoms with Crippen molar-refractivity contribution in [2.45, 2.75) is 6.92 Å². The SMILES string of the molecule is COc1cc(/C=C2\SC(=O)NC2=O)ccc1C. The molecule has 1 aromatic carbocycles. The first-order valence-electron chi connectivity index (χ1n) is 4.99. The summed E-state index contributed by atoms with van der Waals surface area (Å²) in [6.07, 6.45) is 1.67. The molecule has 88 valence electrons. The van der Waals surface area contributed by atoms with Gasteiger partial charge in [-0.05, 0) is 42.0 Å². The minimum Gasteiger partial charge on any atom is -0.496 e. The zero-order valence-electron chi connectivity index (χ0n) is 9.44. The monoisotopic (exact) mass is 249 g/mol. The van der Waals surface area contributed by atoms with Crippen LogP contribution >= 0.6 is 11.8 Å². The van der Waals surface area contributed by atoms with Gasteiger partial charge in [0.05, 0.1) is 12.0 Å². The third kappa shape index (κ3) is 2.50. The number of hydrogen-bond acceptors (Lipinski definition) is 4. The highest BCUT2D eigenvalue weighted by molar-refractivity contribution is 8.18. The first kappa shape index (κ1) is 11.7. The lowest BCUT2D eigenvalue weighted by molar-refractivity contribution is -0.115. The van der Waals surface area contributed by atoms with Gasteiger partial charge in [0.1, 0.15) is 5.75 Å². The molecule has 17 heavy (non-hydrogen) atoms. The van der Waals surface area contributed by atoms with E-state index in [9.17, 15) is 9.59 Å². The van der Waals surface area contributed by atoms with Crippen LogP contribution in [0.4, 0.5) is 4.79 Å². The van der Waals surface area contributed by atoms with Crippen LogP contribution in [0.15, 0.2) is 23.1 Å². The molecule has 1 fully saturated rings. The quantitative estimate of drug-likeness (QED) is 0.817. The van der Waals surface area contributed by atoms with E-state index >= 15 is 0 Å². The van der Waals surface area contributed by atoms with Crippen molar-refractivity contribution in [3.05, 3.63) is 34.2 Å². The Morgan fingerprint density at radius 2 is 2.12 bits per heavy atom. The van der Waals surface area contributed by atoms with E-state index < -0.39 is 0 Å². The van der Waals surface area contributed by atoms with E-state index in [0.29, 0.717) is 4.91 Å². The van der Waals surface area contributed by atoms with Crippen LogP contribution in [0.25, 0.3) is 6.08 Å². The minimum atomic E-state index is -0.348. The minimum absolute atomic E-state index is 0.333. The van der Waals surface area contributed by atoms with Crippen molar-refractivity contribution >= 4 is 29.0 Å². The molecule has 1 aromatic rings. The summed E-state index contributed by atoms with van der Waals surface area (Å²) in [4.78, 5) is 22.8. The number of rotatable bonds is 2. The topological polar surface area (TPSA) is 55.4 Å². The number of carbonyl (C=O) groups excluding carboxylic acids is 2. The maximum absolute atomic E-state index is 11.4. The Kier molecular flexibility index (Phi) is 3.19. The Bertz CT molecular complexity index is 522. The molecule has 0 aliphatic carbocycles. The maximum Gasteiger partial charge on any atom is 0.290 e. The van der Waals surface area contributed by atoms with Gasteiger partial charge in [-0.25, -0.2) is 0 Å². The normalized spacial score (nSPS) is 17.4. The van der Waals surface area contributed by atoms with Crippen LogP contribution in [0.3, 0.4) is 0 Å². The van der Waals surface area contributed by atoms with Gasteiger partial charge in [-0.3, -0.25) is 14.9 Å². The second-order valence-corrected chi connectivity index (χ2v) is 4.60. The van der Waals surface area contributed by atoms with E-state index in [1.54, 1.807) is 13.2 Å². The fourth-order valence-corrected chi connectivity index (χ4v) is 2.18. The molecule has 1 saturated heterocycles. The van der Waals surface area contributed by atoms with E-state index in [1.165, 1.54) is 0 Å². The number of nitrogens with one attached hydrogen (secondary N) is 1. The van der Waals surface area contributed by atoms with Crippen molar-refractivity contribution < 1.29 is 14.3 Å². The van der Waals surface area contributed by atoms with Gasteiger partial charge in [0.2, 0.25) is 0 Å². The molecule has 5 heteroatoms. The molecule has 0 aromatic heterocycles. The van der Waals surface area contributed by atoms with Gasteiger partial charge in [0.15, 0.2) is 0 Å². The summed E-state index contributed by atoms with van der Waals surface area (Å²) in [6.45, 7) is 1.94. The summed E-state index contributed by atoms with van der Waals surface area (Å²) in [5.41, 5.74) is 1.86. The Morgan fingerprint density at radius 3 is 2.71 bits per heavy atom. The van der Waals surface area contributed by atoms with Crippen LogP contribution in [0.5, 0.6) is 5.75 Å². The molecule has 1 aliphatic heterocycles. The van der Waals surface area contributed by atoms with E-state index in [0.717, 1.165) is 28.6 Å². The summed E-state index contributed by atoms with van der Waals surface area (Å²) < 4.78 is 5.19. The van der Waals surface area contributed by atoms with E-state index in [1.807, 2.05) is 25.1 Å². The van der Waals surface area contributed by atoms with Crippen molar-refractivity contribution in [2.24, 2.45) is 0 Å². The number of ether oxygens (including phenoxy) is 1. The predicted octanol–water partition coefficient (Wildman–Crippen LogP) is 2.33. The Balaban J connectivity index is 2.33. The first-order valence-corrected chi connectivity index (χ1v) is 5.81. The molecule has 0 bridgehead atoms. The standard InChI is InChI=1S/C12H11NO3S/c1-7-3-4-8(5-9(7)16-2)6-10-11(14)13-12(15)17-10/h3-6H,1-2H3,(H,13,14,15)/b10-6-. The maximum atomic E-state index is 11.4. The molecule has 1 N–H and O–H groups in total.